The molecule has 0 radical (unpaired) electrons. The largest absolute Gasteiger partial charge is 0.508 e. The highest BCUT2D eigenvalue weighted by Crippen LogP contribution is 2.57. The Balaban J connectivity index is 1.46. The van der Waals surface area contributed by atoms with Crippen molar-refractivity contribution in [3.05, 3.63) is 113 Å². The molecule has 0 saturated heterocycles. The Labute approximate surface area is 248 Å². The van der Waals surface area contributed by atoms with E-state index < -0.39 is 35.6 Å². The number of phenolic OH excluding ortho intramolecular Hbond substituents is 2. The number of benzene rings is 4. The van der Waals surface area contributed by atoms with Crippen molar-refractivity contribution in [2.24, 2.45) is 0 Å². The lowest BCUT2D eigenvalue weighted by Crippen LogP contribution is -2.48. The van der Waals surface area contributed by atoms with Crippen molar-refractivity contribution >= 4 is 23.5 Å². The second kappa shape index (κ2) is 10.3. The summed E-state index contributed by atoms with van der Waals surface area (Å²) in [6.45, 7) is 1.04. The number of carbonyl (C=O) groups is 3. The second-order valence-corrected chi connectivity index (χ2v) is 10.4. The molecule has 0 fully saturated rings. The zero-order valence-electron chi connectivity index (χ0n) is 22.9. The number of esters is 1. The summed E-state index contributed by atoms with van der Waals surface area (Å²) in [5.74, 6) is -3.38. The first-order valence-corrected chi connectivity index (χ1v) is 13.4. The van der Waals surface area contributed by atoms with E-state index in [1.54, 1.807) is 30.3 Å². The molecule has 4 aromatic carbocycles. The molecule has 12 heteroatoms. The third kappa shape index (κ3) is 4.74. The number of phenols is 2. The van der Waals surface area contributed by atoms with E-state index in [0.29, 0.717) is 16.8 Å². The Bertz CT molecular complexity index is 1770. The molecule has 3 N–H and O–H groups in total. The fraction of sp³-hybridized carbons (Fsp3) is 0.156. The number of ether oxygens (including phenoxy) is 2. The number of hydrogen-bond acceptors (Lipinski definition) is 7. The predicted molar refractivity (Wildman–Crippen MR) is 150 cm³/mol. The van der Waals surface area contributed by atoms with Crippen LogP contribution < -0.4 is 15.0 Å². The van der Waals surface area contributed by atoms with Crippen molar-refractivity contribution in [2.75, 3.05) is 11.4 Å². The molecule has 2 aliphatic rings. The monoisotopic (exact) mass is 604 g/mol. The zero-order chi connectivity index (χ0) is 31.4. The minimum atomic E-state index is -5.10. The lowest BCUT2D eigenvalue weighted by atomic mass is 9.77. The molecule has 2 aliphatic heterocycles. The van der Waals surface area contributed by atoms with E-state index in [1.807, 2.05) is 5.32 Å². The summed E-state index contributed by atoms with van der Waals surface area (Å²) in [4.78, 5) is 40.2. The van der Waals surface area contributed by atoms with Crippen molar-refractivity contribution in [3.63, 3.8) is 0 Å². The van der Waals surface area contributed by atoms with E-state index in [4.69, 9.17) is 9.47 Å². The Morgan fingerprint density at radius 2 is 1.50 bits per heavy atom. The van der Waals surface area contributed by atoms with Gasteiger partial charge in [0.15, 0.2) is 5.60 Å². The number of nitrogens with zero attached hydrogens (tertiary/aromatic N) is 1. The minimum absolute atomic E-state index is 0.0757. The van der Waals surface area contributed by atoms with Crippen molar-refractivity contribution < 1.29 is 47.2 Å². The fourth-order valence-corrected chi connectivity index (χ4v) is 5.53. The molecule has 2 amide bonds. The number of fused-ring (bicyclic) bond motifs is 6. The predicted octanol–water partition coefficient (Wildman–Crippen LogP) is 5.38. The molecular weight excluding hydrogens is 581 g/mol. The van der Waals surface area contributed by atoms with Crippen LogP contribution in [-0.4, -0.2) is 46.8 Å². The van der Waals surface area contributed by atoms with Crippen LogP contribution in [0.4, 0.5) is 18.9 Å². The maximum Gasteiger partial charge on any atom is 0.471 e. The molecule has 4 aromatic rings. The molecule has 1 atom stereocenters. The first-order chi connectivity index (χ1) is 20.9. The van der Waals surface area contributed by atoms with E-state index >= 15 is 0 Å². The highest BCUT2D eigenvalue weighted by molar-refractivity contribution is 6.08. The average molecular weight is 605 g/mol. The summed E-state index contributed by atoms with van der Waals surface area (Å²) in [5, 5.41) is 22.2. The van der Waals surface area contributed by atoms with Gasteiger partial charge in [-0.3, -0.25) is 9.59 Å². The van der Waals surface area contributed by atoms with Crippen molar-refractivity contribution in [3.8, 4) is 23.0 Å². The standard InChI is InChI=1S/C32H23F3N2O7/c1-17(36-30(42)32(33,34)35)16-37(19-5-3-2-4-6-19)28(40)18-7-10-22-25(13-18)31(44-29(22)41)23-11-8-20(38)14-26(23)43-27-15-21(39)9-12-24(27)31/h2-15,17,38-39H,16H2,1H3,(H,36,42)/t17-/m1/s1. The van der Waals surface area contributed by atoms with Gasteiger partial charge < -0.3 is 29.9 Å². The second-order valence-electron chi connectivity index (χ2n) is 10.4. The van der Waals surface area contributed by atoms with Crippen LogP contribution in [0, 0.1) is 0 Å². The molecule has 0 unspecified atom stereocenters. The smallest absolute Gasteiger partial charge is 0.471 e. The van der Waals surface area contributed by atoms with E-state index in [9.17, 15) is 37.8 Å². The highest BCUT2D eigenvalue weighted by Gasteiger charge is 2.54. The maximum atomic E-state index is 14.1. The Hall–Kier alpha value is -5.52. The zero-order valence-corrected chi connectivity index (χ0v) is 22.9. The molecule has 9 nitrogen and oxygen atoms in total. The van der Waals surface area contributed by atoms with Gasteiger partial charge in [-0.05, 0) is 61.5 Å². The van der Waals surface area contributed by atoms with Gasteiger partial charge in [0.25, 0.3) is 5.91 Å². The van der Waals surface area contributed by atoms with Gasteiger partial charge in [-0.25, -0.2) is 4.79 Å². The molecular formula is C32H23F3N2O7. The average Bonchev–Trinajstić information content (AvgIpc) is 3.27. The van der Waals surface area contributed by atoms with Gasteiger partial charge in [0.1, 0.15) is 23.0 Å². The topological polar surface area (TPSA) is 125 Å². The molecule has 1 spiro atoms. The van der Waals surface area contributed by atoms with Gasteiger partial charge in [-0.15, -0.1) is 0 Å². The lowest BCUT2D eigenvalue weighted by molar-refractivity contribution is -0.174. The molecule has 224 valence electrons. The van der Waals surface area contributed by atoms with Crippen molar-refractivity contribution in [2.45, 2.75) is 24.7 Å². The molecule has 2 heterocycles. The number of hydrogen-bond donors (Lipinski definition) is 3. The first-order valence-electron chi connectivity index (χ1n) is 13.4. The van der Waals surface area contributed by atoms with Crippen molar-refractivity contribution in [1.29, 1.82) is 0 Å². The van der Waals surface area contributed by atoms with Gasteiger partial charge in [-0.2, -0.15) is 13.2 Å². The Kier molecular flexibility index (Phi) is 6.71. The van der Waals surface area contributed by atoms with Crippen LogP contribution in [0.15, 0.2) is 84.9 Å². The highest BCUT2D eigenvalue weighted by atomic mass is 19.4. The summed E-state index contributed by atoms with van der Waals surface area (Å²) < 4.78 is 50.7. The van der Waals surface area contributed by atoms with E-state index in [1.165, 1.54) is 66.4 Å². The Morgan fingerprint density at radius 1 is 0.886 bits per heavy atom. The van der Waals surface area contributed by atoms with Crippen LogP contribution in [-0.2, 0) is 15.1 Å². The number of rotatable bonds is 5. The molecule has 44 heavy (non-hydrogen) atoms. The first kappa shape index (κ1) is 28.6. The lowest BCUT2D eigenvalue weighted by Gasteiger charge is -2.36. The molecule has 6 rings (SSSR count). The van der Waals surface area contributed by atoms with E-state index in [2.05, 4.69) is 0 Å². The number of anilines is 1. The SMILES string of the molecule is C[C@H](CN(C(=O)c1ccc2c(c1)C1(OC2=O)c2ccc(O)cc2Oc2cc(O)ccc21)c1ccccc1)NC(=O)C(F)(F)F. The van der Waals surface area contributed by atoms with Crippen LogP contribution >= 0.6 is 0 Å². The van der Waals surface area contributed by atoms with Gasteiger partial charge in [0.2, 0.25) is 0 Å². The number of carbonyl (C=O) groups excluding carboxylic acids is 3. The third-order valence-electron chi connectivity index (χ3n) is 7.42. The number of aromatic hydroxyl groups is 2. The Morgan fingerprint density at radius 3 is 2.09 bits per heavy atom. The number of amides is 2. The normalized spacial score (nSPS) is 14.9. The van der Waals surface area contributed by atoms with Crippen LogP contribution in [0.25, 0.3) is 0 Å². The van der Waals surface area contributed by atoms with Crippen LogP contribution in [0.2, 0.25) is 0 Å². The van der Waals surface area contributed by atoms with Crippen LogP contribution in [0.3, 0.4) is 0 Å². The van der Waals surface area contributed by atoms with Crippen molar-refractivity contribution in [1.82, 2.24) is 5.32 Å². The maximum absolute atomic E-state index is 14.1. The quantitative estimate of drug-likeness (QED) is 0.261. The summed E-state index contributed by atoms with van der Waals surface area (Å²) in [5.41, 5.74) is -0.0474. The summed E-state index contributed by atoms with van der Waals surface area (Å²) >= 11 is 0. The summed E-state index contributed by atoms with van der Waals surface area (Å²) in [7, 11) is 0. The molecule has 0 aliphatic carbocycles. The number of nitrogens with one attached hydrogen (secondary N) is 1. The van der Waals surface area contributed by atoms with Gasteiger partial charge in [0.05, 0.1) is 5.56 Å². The molecule has 0 saturated carbocycles. The molecule has 0 bridgehead atoms. The number of halogens is 3. The third-order valence-corrected chi connectivity index (χ3v) is 7.42. The van der Waals surface area contributed by atoms with Crippen LogP contribution in [0.1, 0.15) is 44.3 Å². The van der Waals surface area contributed by atoms with E-state index in [0.717, 1.165) is 0 Å². The van der Waals surface area contributed by atoms with E-state index in [-0.39, 0.29) is 46.2 Å². The van der Waals surface area contributed by atoms with Crippen LogP contribution in [0.5, 0.6) is 23.0 Å². The van der Waals surface area contributed by atoms with Gasteiger partial charge in [0, 0.05) is 52.7 Å². The number of alkyl halides is 3. The summed E-state index contributed by atoms with van der Waals surface area (Å²) in [6.07, 6.45) is -5.10. The van der Waals surface area contributed by atoms with Gasteiger partial charge >= 0.3 is 18.1 Å². The minimum Gasteiger partial charge on any atom is -0.508 e. The van der Waals surface area contributed by atoms with Gasteiger partial charge in [-0.1, -0.05) is 18.2 Å². The summed E-state index contributed by atoms with van der Waals surface area (Å²) in [6, 6.07) is 19.9. The molecule has 0 aromatic heterocycles. The number of para-hydroxylation sites is 1. The fourth-order valence-electron chi connectivity index (χ4n) is 5.53.